The third-order valence-electron chi connectivity index (χ3n) is 3.67. The zero-order valence-electron chi connectivity index (χ0n) is 11.2. The van der Waals surface area contributed by atoms with Crippen LogP contribution in [-0.2, 0) is 0 Å². The summed E-state index contributed by atoms with van der Waals surface area (Å²) >= 11 is 0. The van der Waals surface area contributed by atoms with Gasteiger partial charge >= 0.3 is 0 Å². The minimum absolute atomic E-state index is 0.0758. The molecule has 1 N–H and O–H groups in total. The highest BCUT2D eigenvalue weighted by molar-refractivity contribution is 5.50. The number of anilines is 1. The van der Waals surface area contributed by atoms with Crippen LogP contribution >= 0.6 is 0 Å². The van der Waals surface area contributed by atoms with Gasteiger partial charge in [0.1, 0.15) is 0 Å². The standard InChI is InChI=1S/C15H21N3/c1-15(2)9-11-17-12-14(8-10-16)18(15)13-6-4-3-5-7-13/h3-7,14,17H,8-9,11-12H2,1-2H3. The van der Waals surface area contributed by atoms with Gasteiger partial charge in [0.15, 0.2) is 0 Å². The van der Waals surface area contributed by atoms with Crippen molar-refractivity contribution in [2.45, 2.75) is 38.3 Å². The predicted molar refractivity (Wildman–Crippen MR) is 74.5 cm³/mol. The first-order valence-electron chi connectivity index (χ1n) is 6.57. The minimum atomic E-state index is 0.0758. The monoisotopic (exact) mass is 243 g/mol. The number of benzene rings is 1. The summed E-state index contributed by atoms with van der Waals surface area (Å²) in [6.45, 7) is 6.42. The highest BCUT2D eigenvalue weighted by Gasteiger charge is 2.34. The first-order chi connectivity index (χ1) is 8.65. The second-order valence-corrected chi connectivity index (χ2v) is 5.49. The van der Waals surface area contributed by atoms with Gasteiger partial charge < -0.3 is 10.2 Å². The second kappa shape index (κ2) is 5.41. The molecule has 1 aliphatic rings. The average molecular weight is 243 g/mol. The van der Waals surface area contributed by atoms with Crippen molar-refractivity contribution < 1.29 is 0 Å². The Hall–Kier alpha value is -1.53. The highest BCUT2D eigenvalue weighted by Crippen LogP contribution is 2.31. The van der Waals surface area contributed by atoms with E-state index in [1.54, 1.807) is 0 Å². The Labute approximate surface area is 109 Å². The van der Waals surface area contributed by atoms with Gasteiger partial charge in [-0.2, -0.15) is 5.26 Å². The molecule has 0 bridgehead atoms. The lowest BCUT2D eigenvalue weighted by molar-refractivity contribution is 0.418. The van der Waals surface area contributed by atoms with Crippen LogP contribution in [0.1, 0.15) is 26.7 Å². The van der Waals surface area contributed by atoms with E-state index >= 15 is 0 Å². The number of para-hydroxylation sites is 1. The molecule has 3 heteroatoms. The van der Waals surface area contributed by atoms with Gasteiger partial charge in [-0.3, -0.25) is 0 Å². The lowest BCUT2D eigenvalue weighted by Crippen LogP contribution is -2.50. The van der Waals surface area contributed by atoms with Crippen molar-refractivity contribution in [3.8, 4) is 6.07 Å². The van der Waals surface area contributed by atoms with Crippen LogP contribution in [0.3, 0.4) is 0 Å². The van der Waals surface area contributed by atoms with E-state index in [2.05, 4.69) is 54.4 Å². The lowest BCUT2D eigenvalue weighted by atomic mass is 9.95. The van der Waals surface area contributed by atoms with Crippen molar-refractivity contribution in [2.24, 2.45) is 0 Å². The summed E-state index contributed by atoms with van der Waals surface area (Å²) in [6, 6.07) is 13.0. The maximum absolute atomic E-state index is 9.04. The van der Waals surface area contributed by atoms with Gasteiger partial charge in [-0.1, -0.05) is 18.2 Å². The zero-order chi connectivity index (χ0) is 13.0. The Morgan fingerprint density at radius 1 is 1.39 bits per heavy atom. The maximum atomic E-state index is 9.04. The van der Waals surface area contributed by atoms with E-state index < -0.39 is 0 Å². The molecule has 0 amide bonds. The summed E-state index contributed by atoms with van der Waals surface area (Å²) in [5, 5.41) is 12.5. The molecule has 0 aromatic heterocycles. The van der Waals surface area contributed by atoms with Gasteiger partial charge in [0, 0.05) is 17.8 Å². The summed E-state index contributed by atoms with van der Waals surface area (Å²) in [7, 11) is 0. The minimum Gasteiger partial charge on any atom is -0.361 e. The topological polar surface area (TPSA) is 39.1 Å². The average Bonchev–Trinajstić information content (AvgIpc) is 2.49. The van der Waals surface area contributed by atoms with Crippen molar-refractivity contribution >= 4 is 5.69 Å². The van der Waals surface area contributed by atoms with Crippen LogP contribution in [-0.4, -0.2) is 24.7 Å². The molecule has 1 heterocycles. The van der Waals surface area contributed by atoms with Gasteiger partial charge in [0.2, 0.25) is 0 Å². The van der Waals surface area contributed by atoms with Gasteiger partial charge in [-0.25, -0.2) is 0 Å². The molecule has 0 radical (unpaired) electrons. The number of rotatable bonds is 2. The third-order valence-corrected chi connectivity index (χ3v) is 3.67. The van der Waals surface area contributed by atoms with Crippen LogP contribution in [0.15, 0.2) is 30.3 Å². The van der Waals surface area contributed by atoms with E-state index in [1.165, 1.54) is 5.69 Å². The number of hydrogen-bond donors (Lipinski definition) is 1. The van der Waals surface area contributed by atoms with Crippen molar-refractivity contribution in [3.05, 3.63) is 30.3 Å². The molecule has 0 spiro atoms. The zero-order valence-corrected chi connectivity index (χ0v) is 11.2. The van der Waals surface area contributed by atoms with E-state index in [4.69, 9.17) is 5.26 Å². The summed E-state index contributed by atoms with van der Waals surface area (Å²) in [5.74, 6) is 0. The van der Waals surface area contributed by atoms with Crippen molar-refractivity contribution in [2.75, 3.05) is 18.0 Å². The fraction of sp³-hybridized carbons (Fsp3) is 0.533. The molecule has 1 fully saturated rings. The molecule has 1 aromatic rings. The third kappa shape index (κ3) is 2.65. The molecule has 1 atom stereocenters. The fourth-order valence-electron chi connectivity index (χ4n) is 2.79. The van der Waals surface area contributed by atoms with E-state index in [0.717, 1.165) is 19.5 Å². The molecule has 2 rings (SSSR count). The normalized spacial score (nSPS) is 23.2. The van der Waals surface area contributed by atoms with Crippen LogP contribution in [0.4, 0.5) is 5.69 Å². The number of nitrogens with zero attached hydrogens (tertiary/aromatic N) is 2. The van der Waals surface area contributed by atoms with Crippen molar-refractivity contribution in [1.82, 2.24) is 5.32 Å². The van der Waals surface area contributed by atoms with E-state index in [9.17, 15) is 0 Å². The van der Waals surface area contributed by atoms with Crippen LogP contribution in [0.2, 0.25) is 0 Å². The molecule has 0 saturated carbocycles. The molecule has 1 saturated heterocycles. The molecule has 1 unspecified atom stereocenters. The van der Waals surface area contributed by atoms with E-state index in [-0.39, 0.29) is 11.6 Å². The first-order valence-corrected chi connectivity index (χ1v) is 6.57. The van der Waals surface area contributed by atoms with Crippen LogP contribution < -0.4 is 10.2 Å². The Bertz CT molecular complexity index is 419. The van der Waals surface area contributed by atoms with Gasteiger partial charge in [-0.05, 0) is 38.9 Å². The van der Waals surface area contributed by atoms with E-state index in [1.807, 2.05) is 6.07 Å². The molecule has 1 aliphatic heterocycles. The number of nitriles is 1. The molecule has 18 heavy (non-hydrogen) atoms. The Balaban J connectivity index is 2.37. The van der Waals surface area contributed by atoms with Crippen LogP contribution in [0, 0.1) is 11.3 Å². The summed E-state index contributed by atoms with van der Waals surface area (Å²) in [4.78, 5) is 2.41. The van der Waals surface area contributed by atoms with Gasteiger partial charge in [-0.15, -0.1) is 0 Å². The Kier molecular flexibility index (Phi) is 3.88. The number of nitrogens with one attached hydrogen (secondary N) is 1. The number of hydrogen-bond acceptors (Lipinski definition) is 3. The second-order valence-electron chi connectivity index (χ2n) is 5.49. The Morgan fingerprint density at radius 3 is 2.78 bits per heavy atom. The smallest absolute Gasteiger partial charge is 0.0643 e. The maximum Gasteiger partial charge on any atom is 0.0643 e. The molecule has 96 valence electrons. The van der Waals surface area contributed by atoms with Gasteiger partial charge in [0.05, 0.1) is 18.5 Å². The summed E-state index contributed by atoms with van der Waals surface area (Å²) in [6.07, 6.45) is 1.65. The SMILES string of the molecule is CC1(C)CCNCC(CC#N)N1c1ccccc1. The largest absolute Gasteiger partial charge is 0.361 e. The molecular weight excluding hydrogens is 222 g/mol. The highest BCUT2D eigenvalue weighted by atomic mass is 15.2. The van der Waals surface area contributed by atoms with Crippen LogP contribution in [0.5, 0.6) is 0 Å². The van der Waals surface area contributed by atoms with Gasteiger partial charge in [0.25, 0.3) is 0 Å². The van der Waals surface area contributed by atoms with Crippen molar-refractivity contribution in [1.29, 1.82) is 5.26 Å². The van der Waals surface area contributed by atoms with Crippen LogP contribution in [0.25, 0.3) is 0 Å². The summed E-state index contributed by atoms with van der Waals surface area (Å²) < 4.78 is 0. The Morgan fingerprint density at radius 2 is 2.11 bits per heavy atom. The first kappa shape index (κ1) is 12.9. The molecule has 0 aliphatic carbocycles. The van der Waals surface area contributed by atoms with E-state index in [0.29, 0.717) is 6.42 Å². The predicted octanol–water partition coefficient (Wildman–Crippen LogP) is 2.55. The molecule has 3 nitrogen and oxygen atoms in total. The van der Waals surface area contributed by atoms with Crippen molar-refractivity contribution in [3.63, 3.8) is 0 Å². The summed E-state index contributed by atoms with van der Waals surface area (Å²) in [5.41, 5.74) is 1.29. The molecular formula is C15H21N3. The molecule has 1 aromatic carbocycles. The quantitative estimate of drug-likeness (QED) is 0.867. The lowest BCUT2D eigenvalue weighted by Gasteiger charge is -2.43. The fourth-order valence-corrected chi connectivity index (χ4v) is 2.79.